The monoisotopic (exact) mass is 350 g/mol. The Morgan fingerprint density at radius 2 is 2.08 bits per heavy atom. The zero-order valence-corrected chi connectivity index (χ0v) is 15.3. The molecule has 0 aliphatic heterocycles. The van der Waals surface area contributed by atoms with Crippen LogP contribution in [0.3, 0.4) is 0 Å². The molecule has 1 aromatic carbocycles. The van der Waals surface area contributed by atoms with E-state index < -0.39 is 0 Å². The molecule has 1 heterocycles. The summed E-state index contributed by atoms with van der Waals surface area (Å²) in [6.07, 6.45) is 5.48. The zero-order valence-electron chi connectivity index (χ0n) is 15.3. The second kappa shape index (κ2) is 7.83. The first kappa shape index (κ1) is 17.7. The van der Waals surface area contributed by atoms with Gasteiger partial charge in [-0.15, -0.1) is 0 Å². The molecule has 1 aliphatic carbocycles. The van der Waals surface area contributed by atoms with Gasteiger partial charge in [-0.05, 0) is 36.6 Å². The number of hydrogen-bond acceptors (Lipinski definition) is 4. The molecule has 5 heteroatoms. The number of aryl methyl sites for hydroxylation is 1. The number of ether oxygens (including phenoxy) is 2. The van der Waals surface area contributed by atoms with Crippen LogP contribution in [0.15, 0.2) is 46.9 Å². The fourth-order valence-electron chi connectivity index (χ4n) is 2.81. The number of nitrogens with one attached hydrogen (secondary N) is 1. The van der Waals surface area contributed by atoms with Crippen LogP contribution in [0.25, 0.3) is 0 Å². The summed E-state index contributed by atoms with van der Waals surface area (Å²) in [5, 5.41) is 3.36. The van der Waals surface area contributed by atoms with Crippen LogP contribution in [0.4, 0.5) is 11.5 Å². The lowest BCUT2D eigenvalue weighted by molar-refractivity contribution is 0.405. The van der Waals surface area contributed by atoms with Crippen molar-refractivity contribution in [3.63, 3.8) is 0 Å². The number of pyridine rings is 1. The summed E-state index contributed by atoms with van der Waals surface area (Å²) in [6, 6.07) is 7.37. The van der Waals surface area contributed by atoms with Crippen molar-refractivity contribution in [2.75, 3.05) is 19.5 Å². The van der Waals surface area contributed by atoms with Crippen molar-refractivity contribution in [1.29, 1.82) is 0 Å². The average molecular weight is 350 g/mol. The van der Waals surface area contributed by atoms with Crippen LogP contribution >= 0.6 is 0 Å². The summed E-state index contributed by atoms with van der Waals surface area (Å²) < 4.78 is 12.5. The molecular weight excluding hydrogens is 328 g/mol. The Balaban J connectivity index is 2.00. The van der Waals surface area contributed by atoms with Crippen molar-refractivity contribution >= 4 is 11.5 Å². The van der Waals surface area contributed by atoms with Crippen LogP contribution < -0.4 is 20.2 Å². The van der Waals surface area contributed by atoms with E-state index in [2.05, 4.69) is 17.2 Å². The highest BCUT2D eigenvalue weighted by Crippen LogP contribution is 2.26. The molecular formula is C21H22N2O3. The number of aromatic nitrogens is 1. The summed E-state index contributed by atoms with van der Waals surface area (Å²) in [5.41, 5.74) is 3.01. The summed E-state index contributed by atoms with van der Waals surface area (Å²) in [4.78, 5) is 12.3. The molecule has 0 atom stereocenters. The maximum absolute atomic E-state index is 12.3. The largest absolute Gasteiger partial charge is 0.497 e. The molecule has 1 aliphatic rings. The van der Waals surface area contributed by atoms with Crippen molar-refractivity contribution in [2.24, 2.45) is 0 Å². The van der Waals surface area contributed by atoms with Crippen molar-refractivity contribution in [3.8, 4) is 23.3 Å². The Morgan fingerprint density at radius 1 is 1.23 bits per heavy atom. The molecule has 0 radical (unpaired) electrons. The highest BCUT2D eigenvalue weighted by atomic mass is 16.5. The van der Waals surface area contributed by atoms with Gasteiger partial charge >= 0.3 is 0 Å². The first-order valence-electron chi connectivity index (χ1n) is 8.47. The van der Waals surface area contributed by atoms with E-state index >= 15 is 0 Å². The molecule has 2 aromatic rings. The van der Waals surface area contributed by atoms with Gasteiger partial charge < -0.3 is 19.4 Å². The van der Waals surface area contributed by atoms with Crippen LogP contribution in [0, 0.1) is 18.8 Å². The molecule has 0 amide bonds. The Kier molecular flexibility index (Phi) is 5.33. The van der Waals surface area contributed by atoms with Gasteiger partial charge in [0.05, 0.1) is 20.4 Å². The van der Waals surface area contributed by atoms with Crippen LogP contribution in [-0.2, 0) is 6.54 Å². The summed E-state index contributed by atoms with van der Waals surface area (Å²) in [5.74, 6) is 7.88. The first-order chi connectivity index (χ1) is 12.6. The van der Waals surface area contributed by atoms with Crippen molar-refractivity contribution in [1.82, 2.24) is 4.57 Å². The number of hydrogen-bond donors (Lipinski definition) is 1. The minimum Gasteiger partial charge on any atom is -0.497 e. The topological polar surface area (TPSA) is 52.5 Å². The normalized spacial score (nSPS) is 12.7. The maximum Gasteiger partial charge on any atom is 0.225 e. The highest BCUT2D eigenvalue weighted by molar-refractivity contribution is 5.63. The van der Waals surface area contributed by atoms with Crippen LogP contribution in [0.1, 0.15) is 18.4 Å². The third kappa shape index (κ3) is 3.92. The lowest BCUT2D eigenvalue weighted by atomic mass is 10.1. The predicted octanol–water partition coefficient (Wildman–Crippen LogP) is 3.64. The molecule has 3 rings (SSSR count). The van der Waals surface area contributed by atoms with E-state index in [4.69, 9.17) is 9.47 Å². The SMILES string of the molecule is COc1ccc(C)c(Nc2cc(=O)c(OC)cn2CC2=CC#CCC2)c1. The number of nitrogens with zero attached hydrogens (tertiary/aromatic N) is 1. The van der Waals surface area contributed by atoms with Crippen molar-refractivity contribution < 1.29 is 9.47 Å². The molecule has 0 spiro atoms. The molecule has 134 valence electrons. The van der Waals surface area contributed by atoms with Gasteiger partial charge in [0.25, 0.3) is 0 Å². The predicted molar refractivity (Wildman–Crippen MR) is 103 cm³/mol. The Labute approximate surface area is 153 Å². The number of methoxy groups -OCH3 is 2. The van der Waals surface area contributed by atoms with Gasteiger partial charge in [0, 0.05) is 30.8 Å². The molecule has 1 N–H and O–H groups in total. The number of benzene rings is 1. The molecule has 5 nitrogen and oxygen atoms in total. The van der Waals surface area contributed by atoms with E-state index in [1.807, 2.05) is 35.8 Å². The molecule has 0 fully saturated rings. The van der Waals surface area contributed by atoms with Crippen LogP contribution in [-0.4, -0.2) is 18.8 Å². The lowest BCUT2D eigenvalue weighted by Crippen LogP contribution is -2.15. The van der Waals surface area contributed by atoms with E-state index in [0.717, 1.165) is 29.8 Å². The molecule has 26 heavy (non-hydrogen) atoms. The molecule has 0 bridgehead atoms. The zero-order chi connectivity index (χ0) is 18.5. The van der Waals surface area contributed by atoms with Gasteiger partial charge in [-0.3, -0.25) is 4.79 Å². The van der Waals surface area contributed by atoms with Gasteiger partial charge in [0.1, 0.15) is 11.6 Å². The Bertz CT molecular complexity index is 961. The molecule has 1 aromatic heterocycles. The third-order valence-corrected chi connectivity index (χ3v) is 4.34. The molecule has 0 saturated carbocycles. The van der Waals surface area contributed by atoms with Gasteiger partial charge in [0.15, 0.2) is 5.75 Å². The fraction of sp³-hybridized carbons (Fsp3) is 0.286. The minimum atomic E-state index is -0.163. The van der Waals surface area contributed by atoms with E-state index in [1.165, 1.54) is 12.7 Å². The summed E-state index contributed by atoms with van der Waals surface area (Å²) in [6.45, 7) is 2.66. The third-order valence-electron chi connectivity index (χ3n) is 4.34. The quantitative estimate of drug-likeness (QED) is 0.808. The molecule has 0 unspecified atom stereocenters. The number of rotatable bonds is 6. The number of anilines is 2. The Morgan fingerprint density at radius 3 is 2.77 bits per heavy atom. The Hall–Kier alpha value is -3.13. The first-order valence-corrected chi connectivity index (χ1v) is 8.47. The second-order valence-electron chi connectivity index (χ2n) is 6.15. The van der Waals surface area contributed by atoms with Crippen LogP contribution in [0.2, 0.25) is 0 Å². The van der Waals surface area contributed by atoms with Crippen molar-refractivity contribution in [2.45, 2.75) is 26.3 Å². The standard InChI is InChI=1S/C21H22N2O3/c1-15-9-10-17(25-2)11-18(15)22-21-12-19(24)20(26-3)14-23(21)13-16-7-5-4-6-8-16/h8-12,14,22H,5,7,13H2,1-3H3. The van der Waals surface area contributed by atoms with Gasteiger partial charge in [-0.25, -0.2) is 0 Å². The summed E-state index contributed by atoms with van der Waals surface area (Å²) >= 11 is 0. The van der Waals surface area contributed by atoms with E-state index in [0.29, 0.717) is 18.1 Å². The molecule has 0 saturated heterocycles. The fourth-order valence-corrected chi connectivity index (χ4v) is 2.81. The van der Waals surface area contributed by atoms with E-state index in [1.54, 1.807) is 19.4 Å². The summed E-state index contributed by atoms with van der Waals surface area (Å²) in [7, 11) is 3.14. The van der Waals surface area contributed by atoms with Gasteiger partial charge in [0.2, 0.25) is 5.43 Å². The minimum absolute atomic E-state index is 0.163. The maximum atomic E-state index is 12.3. The number of allylic oxidation sites excluding steroid dienone is 2. The van der Waals surface area contributed by atoms with Crippen LogP contribution in [0.5, 0.6) is 11.5 Å². The lowest BCUT2D eigenvalue weighted by Gasteiger charge is -2.19. The van der Waals surface area contributed by atoms with Crippen molar-refractivity contribution in [3.05, 3.63) is 57.9 Å². The average Bonchev–Trinajstić information content (AvgIpc) is 2.66. The van der Waals surface area contributed by atoms with E-state index in [9.17, 15) is 4.79 Å². The smallest absolute Gasteiger partial charge is 0.225 e. The van der Waals surface area contributed by atoms with Gasteiger partial charge in [-0.1, -0.05) is 17.9 Å². The second-order valence-corrected chi connectivity index (χ2v) is 6.15. The highest BCUT2D eigenvalue weighted by Gasteiger charge is 2.11. The van der Waals surface area contributed by atoms with E-state index in [-0.39, 0.29) is 5.43 Å². The van der Waals surface area contributed by atoms with Gasteiger partial charge in [-0.2, -0.15) is 0 Å².